The Balaban J connectivity index is 2.08. The Hall–Kier alpha value is -1.94. The van der Waals surface area contributed by atoms with Crippen LogP contribution in [-0.2, 0) is 13.1 Å². The van der Waals surface area contributed by atoms with Gasteiger partial charge in [0.2, 0.25) is 0 Å². The Labute approximate surface area is 120 Å². The van der Waals surface area contributed by atoms with E-state index in [1.165, 1.54) is 5.56 Å². The predicted octanol–water partition coefficient (Wildman–Crippen LogP) is 2.85. The van der Waals surface area contributed by atoms with Crippen molar-refractivity contribution in [1.82, 2.24) is 14.9 Å². The number of anilines is 1. The molecule has 2 aromatic rings. The Morgan fingerprint density at radius 3 is 2.50 bits per heavy atom. The van der Waals surface area contributed by atoms with E-state index in [-0.39, 0.29) is 0 Å². The van der Waals surface area contributed by atoms with E-state index in [2.05, 4.69) is 51.4 Å². The number of benzene rings is 1. The van der Waals surface area contributed by atoms with Crippen LogP contribution in [0.5, 0.6) is 0 Å². The van der Waals surface area contributed by atoms with Crippen LogP contribution in [0.4, 0.5) is 5.82 Å². The summed E-state index contributed by atoms with van der Waals surface area (Å²) in [5.41, 5.74) is 2.31. The van der Waals surface area contributed by atoms with Crippen molar-refractivity contribution in [3.05, 3.63) is 53.5 Å². The molecule has 20 heavy (non-hydrogen) atoms. The number of hydrogen-bond acceptors (Lipinski definition) is 4. The second-order valence-corrected chi connectivity index (χ2v) is 4.85. The molecule has 1 aromatic heterocycles. The zero-order valence-corrected chi connectivity index (χ0v) is 12.4. The Bertz CT molecular complexity index is 539. The Morgan fingerprint density at radius 1 is 1.10 bits per heavy atom. The van der Waals surface area contributed by atoms with Crippen LogP contribution in [0.25, 0.3) is 0 Å². The minimum Gasteiger partial charge on any atom is -0.373 e. The van der Waals surface area contributed by atoms with Gasteiger partial charge in [-0.25, -0.2) is 9.97 Å². The fraction of sp³-hybridized carbons (Fsp3) is 0.375. The third-order valence-electron chi connectivity index (χ3n) is 3.22. The smallest absolute Gasteiger partial charge is 0.144 e. The standard InChI is InChI=1S/C16H22N4/c1-4-20(11-14-8-6-5-7-9-14)12-16-18-13(2)10-15(17-3)19-16/h5-10H,4,11-12H2,1-3H3,(H,17,18,19). The first-order chi connectivity index (χ1) is 9.71. The highest BCUT2D eigenvalue weighted by Gasteiger charge is 2.08. The quantitative estimate of drug-likeness (QED) is 0.876. The maximum absolute atomic E-state index is 4.52. The summed E-state index contributed by atoms with van der Waals surface area (Å²) in [5.74, 6) is 1.75. The van der Waals surface area contributed by atoms with Crippen LogP contribution in [0.1, 0.15) is 24.0 Å². The van der Waals surface area contributed by atoms with E-state index in [0.29, 0.717) is 0 Å². The summed E-state index contributed by atoms with van der Waals surface area (Å²) < 4.78 is 0. The van der Waals surface area contributed by atoms with Crippen LogP contribution in [0.3, 0.4) is 0 Å². The third-order valence-corrected chi connectivity index (χ3v) is 3.22. The molecule has 2 rings (SSSR count). The molecule has 4 nitrogen and oxygen atoms in total. The first kappa shape index (κ1) is 14.5. The molecule has 0 spiro atoms. The molecule has 0 unspecified atom stereocenters. The lowest BCUT2D eigenvalue weighted by Gasteiger charge is -2.20. The van der Waals surface area contributed by atoms with E-state index >= 15 is 0 Å². The van der Waals surface area contributed by atoms with E-state index in [1.807, 2.05) is 26.1 Å². The van der Waals surface area contributed by atoms with Crippen LogP contribution >= 0.6 is 0 Å². The van der Waals surface area contributed by atoms with Crippen LogP contribution in [-0.4, -0.2) is 28.5 Å². The summed E-state index contributed by atoms with van der Waals surface area (Å²) in [6, 6.07) is 12.5. The molecule has 0 radical (unpaired) electrons. The average molecular weight is 270 g/mol. The van der Waals surface area contributed by atoms with E-state index in [0.717, 1.165) is 37.0 Å². The van der Waals surface area contributed by atoms with Gasteiger partial charge < -0.3 is 5.32 Å². The van der Waals surface area contributed by atoms with Crippen molar-refractivity contribution in [2.24, 2.45) is 0 Å². The molecular formula is C16H22N4. The number of hydrogen-bond donors (Lipinski definition) is 1. The van der Waals surface area contributed by atoms with Gasteiger partial charge in [0.05, 0.1) is 6.54 Å². The summed E-state index contributed by atoms with van der Waals surface area (Å²) in [6.45, 7) is 6.82. The van der Waals surface area contributed by atoms with Gasteiger partial charge in [-0.05, 0) is 19.0 Å². The minimum absolute atomic E-state index is 0.766. The maximum atomic E-state index is 4.52. The zero-order valence-electron chi connectivity index (χ0n) is 12.4. The fourth-order valence-corrected chi connectivity index (χ4v) is 2.15. The van der Waals surface area contributed by atoms with Gasteiger partial charge in [-0.3, -0.25) is 4.90 Å². The summed E-state index contributed by atoms with van der Waals surface area (Å²) >= 11 is 0. The van der Waals surface area contributed by atoms with Gasteiger partial charge in [0, 0.05) is 25.4 Å². The predicted molar refractivity (Wildman–Crippen MR) is 82.5 cm³/mol. The molecule has 4 heteroatoms. The van der Waals surface area contributed by atoms with Crippen molar-refractivity contribution in [3.63, 3.8) is 0 Å². The van der Waals surface area contributed by atoms with E-state index in [1.54, 1.807) is 0 Å². The number of nitrogens with zero attached hydrogens (tertiary/aromatic N) is 3. The topological polar surface area (TPSA) is 41.1 Å². The molecule has 0 saturated carbocycles. The molecule has 1 N–H and O–H groups in total. The van der Waals surface area contributed by atoms with Crippen LogP contribution in [0, 0.1) is 6.92 Å². The molecule has 0 fully saturated rings. The Morgan fingerprint density at radius 2 is 1.85 bits per heavy atom. The van der Waals surface area contributed by atoms with Gasteiger partial charge in [-0.1, -0.05) is 37.3 Å². The molecule has 0 aliphatic heterocycles. The van der Waals surface area contributed by atoms with Crippen molar-refractivity contribution in [2.45, 2.75) is 26.9 Å². The first-order valence-electron chi connectivity index (χ1n) is 7.00. The lowest BCUT2D eigenvalue weighted by Crippen LogP contribution is -2.23. The summed E-state index contributed by atoms with van der Waals surface area (Å²) in [7, 11) is 1.88. The molecule has 1 heterocycles. The van der Waals surface area contributed by atoms with Crippen molar-refractivity contribution in [1.29, 1.82) is 0 Å². The molecule has 0 aliphatic carbocycles. The second kappa shape index (κ2) is 7.01. The number of nitrogens with one attached hydrogen (secondary N) is 1. The number of aryl methyl sites for hydroxylation is 1. The molecule has 0 atom stereocenters. The summed E-state index contributed by atoms with van der Waals surface area (Å²) in [5, 5.41) is 3.08. The van der Waals surface area contributed by atoms with Gasteiger partial charge in [0.1, 0.15) is 11.6 Å². The average Bonchev–Trinajstić information content (AvgIpc) is 2.47. The molecule has 0 amide bonds. The van der Waals surface area contributed by atoms with E-state index in [9.17, 15) is 0 Å². The van der Waals surface area contributed by atoms with Gasteiger partial charge >= 0.3 is 0 Å². The van der Waals surface area contributed by atoms with Gasteiger partial charge in [0.15, 0.2) is 0 Å². The third kappa shape index (κ3) is 4.03. The summed E-state index contributed by atoms with van der Waals surface area (Å²) in [4.78, 5) is 11.4. The molecule has 106 valence electrons. The van der Waals surface area contributed by atoms with Crippen molar-refractivity contribution in [3.8, 4) is 0 Å². The number of rotatable bonds is 6. The van der Waals surface area contributed by atoms with Crippen LogP contribution < -0.4 is 5.32 Å². The molecule has 0 bridgehead atoms. The second-order valence-electron chi connectivity index (χ2n) is 4.85. The zero-order chi connectivity index (χ0) is 14.4. The largest absolute Gasteiger partial charge is 0.373 e. The molecule has 1 aromatic carbocycles. The van der Waals surface area contributed by atoms with E-state index in [4.69, 9.17) is 0 Å². The van der Waals surface area contributed by atoms with Crippen LogP contribution in [0.2, 0.25) is 0 Å². The molecule has 0 saturated heterocycles. The number of aromatic nitrogens is 2. The fourth-order valence-electron chi connectivity index (χ4n) is 2.15. The normalized spacial score (nSPS) is 10.8. The lowest BCUT2D eigenvalue weighted by molar-refractivity contribution is 0.264. The first-order valence-corrected chi connectivity index (χ1v) is 7.00. The highest BCUT2D eigenvalue weighted by molar-refractivity contribution is 5.34. The monoisotopic (exact) mass is 270 g/mol. The summed E-state index contributed by atoms with van der Waals surface area (Å²) in [6.07, 6.45) is 0. The molecular weight excluding hydrogens is 248 g/mol. The molecule has 0 aliphatic rings. The van der Waals surface area contributed by atoms with Gasteiger partial charge in [0.25, 0.3) is 0 Å². The highest BCUT2D eigenvalue weighted by atomic mass is 15.1. The highest BCUT2D eigenvalue weighted by Crippen LogP contribution is 2.10. The SMILES string of the molecule is CCN(Cc1ccccc1)Cc1nc(C)cc(NC)n1. The minimum atomic E-state index is 0.766. The van der Waals surface area contributed by atoms with Crippen LogP contribution in [0.15, 0.2) is 36.4 Å². The van der Waals surface area contributed by atoms with Crippen molar-refractivity contribution < 1.29 is 0 Å². The van der Waals surface area contributed by atoms with Crippen molar-refractivity contribution >= 4 is 5.82 Å². The van der Waals surface area contributed by atoms with Gasteiger partial charge in [-0.2, -0.15) is 0 Å². The Kier molecular flexibility index (Phi) is 5.07. The maximum Gasteiger partial charge on any atom is 0.144 e. The van der Waals surface area contributed by atoms with Crippen molar-refractivity contribution in [2.75, 3.05) is 18.9 Å². The lowest BCUT2D eigenvalue weighted by atomic mass is 10.2. The van der Waals surface area contributed by atoms with E-state index < -0.39 is 0 Å². The van der Waals surface area contributed by atoms with Gasteiger partial charge in [-0.15, -0.1) is 0 Å².